The lowest BCUT2D eigenvalue weighted by molar-refractivity contribution is 0.660. The van der Waals surface area contributed by atoms with Gasteiger partial charge in [-0.3, -0.25) is 0 Å². The normalized spacial score (nSPS) is 14.1. The molecule has 1 heterocycles. The van der Waals surface area contributed by atoms with Gasteiger partial charge in [-0.25, -0.2) is 0 Å². The molecule has 1 aromatic heterocycles. The fourth-order valence-electron chi connectivity index (χ4n) is 10.8. The second-order valence-corrected chi connectivity index (χ2v) is 18.1. The van der Waals surface area contributed by atoms with E-state index in [0.29, 0.717) is 0 Å². The van der Waals surface area contributed by atoms with Gasteiger partial charge in [0.15, 0.2) is 0 Å². The Bertz CT molecular complexity index is 3270. The van der Waals surface area contributed by atoms with Crippen LogP contribution in [0.3, 0.4) is 0 Å². The Morgan fingerprint density at radius 3 is 1.39 bits per heavy atom. The third-order valence-corrected chi connectivity index (χ3v) is 13.9. The predicted octanol–water partition coefficient (Wildman–Crippen LogP) is 16.7. The van der Waals surface area contributed by atoms with Crippen LogP contribution in [0.25, 0.3) is 77.6 Å². The van der Waals surface area contributed by atoms with Crippen molar-refractivity contribution in [1.82, 2.24) is 0 Å². The highest BCUT2D eigenvalue weighted by Gasteiger charge is 2.38. The summed E-state index contributed by atoms with van der Waals surface area (Å²) in [7, 11) is 0. The van der Waals surface area contributed by atoms with Gasteiger partial charge in [-0.05, 0) is 115 Å². The SMILES string of the molecule is CC1(C)c2ccccc2-c2c(-c3cccc(N(c4ccc(-c5cccc6c5oc5ccccc56)cc4)c4cccc(-c5cccc6c5-c5ccccc5C6(C)C)c4)c3)cccc21. The van der Waals surface area contributed by atoms with Crippen molar-refractivity contribution in [3.8, 4) is 55.6 Å². The lowest BCUT2D eigenvalue weighted by Gasteiger charge is -2.27. The highest BCUT2D eigenvalue weighted by molar-refractivity contribution is 6.09. The number of furan rings is 1. The maximum atomic E-state index is 6.49. The summed E-state index contributed by atoms with van der Waals surface area (Å²) in [6.07, 6.45) is 0. The van der Waals surface area contributed by atoms with Gasteiger partial charge >= 0.3 is 0 Å². The number of fused-ring (bicyclic) bond motifs is 9. The van der Waals surface area contributed by atoms with Crippen molar-refractivity contribution in [3.05, 3.63) is 222 Å². The maximum absolute atomic E-state index is 6.49. The van der Waals surface area contributed by atoms with Gasteiger partial charge in [-0.15, -0.1) is 0 Å². The van der Waals surface area contributed by atoms with Crippen molar-refractivity contribution in [1.29, 1.82) is 0 Å². The molecule has 0 saturated carbocycles. The topological polar surface area (TPSA) is 16.4 Å². The number of hydrogen-bond donors (Lipinski definition) is 0. The Labute approximate surface area is 363 Å². The lowest BCUT2D eigenvalue weighted by atomic mass is 9.82. The van der Waals surface area contributed by atoms with Gasteiger partial charge < -0.3 is 9.32 Å². The van der Waals surface area contributed by atoms with Gasteiger partial charge in [0.05, 0.1) is 0 Å². The molecule has 0 radical (unpaired) electrons. The van der Waals surface area contributed by atoms with Gasteiger partial charge in [0.25, 0.3) is 0 Å². The number of rotatable bonds is 6. The standard InChI is InChI=1S/C60H45NO/c1-59(2)51-27-8-5-21-49(51)56-44(23-14-29-53(56)59)39-16-11-18-42(36-39)61(41-34-32-38(33-35-41)46-25-13-26-48-47-20-7-10-31-55(47)62-58(46)48)43-19-12-17-40(37-43)45-24-15-30-54-57(45)50-22-6-9-28-52(50)60(54,3)4/h5-37H,1-4H3. The molecule has 0 unspecified atom stereocenters. The van der Waals surface area contributed by atoms with Gasteiger partial charge in [0, 0.05) is 44.2 Å². The van der Waals surface area contributed by atoms with E-state index in [0.717, 1.165) is 50.1 Å². The van der Waals surface area contributed by atoms with Gasteiger partial charge in [-0.2, -0.15) is 0 Å². The average molecular weight is 796 g/mol. The summed E-state index contributed by atoms with van der Waals surface area (Å²) in [4.78, 5) is 2.42. The molecule has 0 aliphatic heterocycles. The number of nitrogens with zero attached hydrogens (tertiary/aromatic N) is 1. The summed E-state index contributed by atoms with van der Waals surface area (Å²) >= 11 is 0. The molecule has 2 aliphatic rings. The van der Waals surface area contributed by atoms with Gasteiger partial charge in [0.1, 0.15) is 11.2 Å². The quantitative estimate of drug-likeness (QED) is 0.167. The Kier molecular flexibility index (Phi) is 7.96. The molecule has 0 saturated heterocycles. The zero-order valence-electron chi connectivity index (χ0n) is 35.4. The van der Waals surface area contributed by atoms with E-state index in [9.17, 15) is 0 Å². The lowest BCUT2D eigenvalue weighted by Crippen LogP contribution is -2.14. The van der Waals surface area contributed by atoms with Crippen LogP contribution >= 0.6 is 0 Å². The van der Waals surface area contributed by atoms with Crippen molar-refractivity contribution in [2.45, 2.75) is 38.5 Å². The van der Waals surface area contributed by atoms with Gasteiger partial charge in [-0.1, -0.05) is 185 Å². The monoisotopic (exact) mass is 795 g/mol. The molecule has 0 spiro atoms. The molecule has 296 valence electrons. The molecule has 10 aromatic rings. The van der Waals surface area contributed by atoms with Crippen LogP contribution in [-0.2, 0) is 10.8 Å². The fraction of sp³-hybridized carbons (Fsp3) is 0.100. The first-order chi connectivity index (χ1) is 30.3. The first-order valence-electron chi connectivity index (χ1n) is 21.8. The number of para-hydroxylation sites is 2. The summed E-state index contributed by atoms with van der Waals surface area (Å²) in [6, 6.07) is 73.5. The summed E-state index contributed by atoms with van der Waals surface area (Å²) in [5.74, 6) is 0. The van der Waals surface area contributed by atoms with E-state index in [2.05, 4.69) is 227 Å². The molecule has 12 rings (SSSR count). The second kappa shape index (κ2) is 13.5. The van der Waals surface area contributed by atoms with E-state index in [1.807, 2.05) is 6.07 Å². The Morgan fingerprint density at radius 1 is 0.339 bits per heavy atom. The highest BCUT2D eigenvalue weighted by atomic mass is 16.3. The second-order valence-electron chi connectivity index (χ2n) is 18.1. The molecule has 0 fully saturated rings. The largest absolute Gasteiger partial charge is 0.455 e. The third-order valence-electron chi connectivity index (χ3n) is 13.9. The average Bonchev–Trinajstić information content (AvgIpc) is 3.90. The third kappa shape index (κ3) is 5.36. The van der Waals surface area contributed by atoms with E-state index in [4.69, 9.17) is 4.42 Å². The van der Waals surface area contributed by atoms with E-state index in [1.165, 1.54) is 66.8 Å². The van der Waals surface area contributed by atoms with Crippen LogP contribution in [0.1, 0.15) is 49.9 Å². The number of anilines is 3. The Balaban J connectivity index is 1.02. The first-order valence-corrected chi connectivity index (χ1v) is 21.8. The predicted molar refractivity (Wildman–Crippen MR) is 260 cm³/mol. The molecule has 0 atom stereocenters. The van der Waals surface area contributed by atoms with Crippen LogP contribution in [0.2, 0.25) is 0 Å². The van der Waals surface area contributed by atoms with Crippen LogP contribution in [0.5, 0.6) is 0 Å². The fourth-order valence-corrected chi connectivity index (χ4v) is 10.8. The van der Waals surface area contributed by atoms with Gasteiger partial charge in [0.2, 0.25) is 0 Å². The molecule has 0 bridgehead atoms. The summed E-state index contributed by atoms with van der Waals surface area (Å²) in [5, 5.41) is 2.27. The molecular weight excluding hydrogens is 751 g/mol. The van der Waals surface area contributed by atoms with Crippen molar-refractivity contribution in [2.75, 3.05) is 4.90 Å². The number of hydrogen-bond acceptors (Lipinski definition) is 2. The van der Waals surface area contributed by atoms with Crippen LogP contribution in [0, 0.1) is 0 Å². The minimum Gasteiger partial charge on any atom is -0.455 e. The molecule has 0 amide bonds. The summed E-state index contributed by atoms with van der Waals surface area (Å²) < 4.78 is 6.49. The smallest absolute Gasteiger partial charge is 0.143 e. The van der Waals surface area contributed by atoms with Crippen molar-refractivity contribution < 1.29 is 4.42 Å². The van der Waals surface area contributed by atoms with E-state index < -0.39 is 0 Å². The van der Waals surface area contributed by atoms with Crippen molar-refractivity contribution in [3.63, 3.8) is 0 Å². The van der Waals surface area contributed by atoms with Crippen LogP contribution in [-0.4, -0.2) is 0 Å². The number of benzene rings is 9. The summed E-state index contributed by atoms with van der Waals surface area (Å²) in [5.41, 5.74) is 22.9. The molecule has 9 aromatic carbocycles. The Hall–Kier alpha value is -7.42. The zero-order valence-corrected chi connectivity index (χ0v) is 35.4. The Morgan fingerprint density at radius 2 is 0.790 bits per heavy atom. The van der Waals surface area contributed by atoms with Crippen LogP contribution in [0.4, 0.5) is 17.1 Å². The zero-order chi connectivity index (χ0) is 41.7. The molecule has 0 N–H and O–H groups in total. The summed E-state index contributed by atoms with van der Waals surface area (Å²) in [6.45, 7) is 9.42. The van der Waals surface area contributed by atoms with E-state index in [1.54, 1.807) is 0 Å². The van der Waals surface area contributed by atoms with Crippen molar-refractivity contribution in [2.24, 2.45) is 0 Å². The molecule has 2 heteroatoms. The molecule has 62 heavy (non-hydrogen) atoms. The maximum Gasteiger partial charge on any atom is 0.143 e. The highest BCUT2D eigenvalue weighted by Crippen LogP contribution is 2.54. The minimum atomic E-state index is -0.0756. The van der Waals surface area contributed by atoms with Crippen molar-refractivity contribution >= 4 is 39.0 Å². The minimum absolute atomic E-state index is 0.0756. The van der Waals surface area contributed by atoms with E-state index in [-0.39, 0.29) is 10.8 Å². The molecule has 2 nitrogen and oxygen atoms in total. The van der Waals surface area contributed by atoms with Crippen LogP contribution in [0.15, 0.2) is 205 Å². The van der Waals surface area contributed by atoms with E-state index >= 15 is 0 Å². The van der Waals surface area contributed by atoms with Crippen LogP contribution < -0.4 is 4.90 Å². The first kappa shape index (κ1) is 36.4. The molecule has 2 aliphatic carbocycles. The molecular formula is C60H45NO.